The number of carboxylic acids is 1. The van der Waals surface area contributed by atoms with E-state index >= 15 is 0 Å². The number of aliphatic hydroxyl groups excluding tert-OH is 2. The zero-order valence-electron chi connectivity index (χ0n) is 18.0. The summed E-state index contributed by atoms with van der Waals surface area (Å²) in [7, 11) is 1.69. The first kappa shape index (κ1) is 26.7. The van der Waals surface area contributed by atoms with Crippen LogP contribution in [0.4, 0.5) is 0 Å². The fourth-order valence-electron chi connectivity index (χ4n) is 3.98. The van der Waals surface area contributed by atoms with Crippen LogP contribution in [0.3, 0.4) is 0 Å². The minimum absolute atomic E-state index is 0.0514. The summed E-state index contributed by atoms with van der Waals surface area (Å²) in [4.78, 5) is 13.1. The Morgan fingerprint density at radius 1 is 1.26 bits per heavy atom. The lowest BCUT2D eigenvalue weighted by atomic mass is 9.89. The second-order valence-corrected chi connectivity index (χ2v) is 10.9. The fourth-order valence-corrected chi connectivity index (χ4v) is 6.43. The Balaban J connectivity index is 1.92. The Kier molecular flexibility index (Phi) is 11.4. The highest BCUT2D eigenvalue weighted by Crippen LogP contribution is 2.38. The van der Waals surface area contributed by atoms with E-state index < -0.39 is 18.2 Å². The molecule has 0 saturated heterocycles. The highest BCUT2D eigenvalue weighted by molar-refractivity contribution is 9.13. The first-order chi connectivity index (χ1) is 14.7. The van der Waals surface area contributed by atoms with Crippen LogP contribution in [0.5, 0.6) is 0 Å². The van der Waals surface area contributed by atoms with Crippen molar-refractivity contribution in [3.63, 3.8) is 0 Å². The van der Waals surface area contributed by atoms with Crippen molar-refractivity contribution in [2.75, 3.05) is 7.11 Å². The molecule has 8 heteroatoms. The van der Waals surface area contributed by atoms with E-state index in [1.54, 1.807) is 18.4 Å². The van der Waals surface area contributed by atoms with E-state index in [1.165, 1.54) is 9.75 Å². The van der Waals surface area contributed by atoms with Gasteiger partial charge in [0, 0.05) is 44.6 Å². The molecule has 0 radical (unpaired) electrons. The van der Waals surface area contributed by atoms with Gasteiger partial charge in [0.05, 0.1) is 18.3 Å². The number of methoxy groups -OCH3 is 1. The largest absolute Gasteiger partial charge is 0.481 e. The number of hydrogen-bond donors (Lipinski definition) is 3. The van der Waals surface area contributed by atoms with Crippen LogP contribution in [0.15, 0.2) is 33.2 Å². The van der Waals surface area contributed by atoms with Gasteiger partial charge in [-0.05, 0) is 76.8 Å². The summed E-state index contributed by atoms with van der Waals surface area (Å²) in [5.41, 5.74) is 0. The maximum absolute atomic E-state index is 10.6. The predicted molar refractivity (Wildman–Crippen MR) is 132 cm³/mol. The van der Waals surface area contributed by atoms with Crippen LogP contribution in [-0.4, -0.2) is 46.7 Å². The molecule has 5 unspecified atom stereocenters. The van der Waals surface area contributed by atoms with Crippen molar-refractivity contribution in [3.05, 3.63) is 43.0 Å². The molecule has 1 heterocycles. The molecule has 31 heavy (non-hydrogen) atoms. The third-order valence-electron chi connectivity index (χ3n) is 5.78. The second kappa shape index (κ2) is 13.3. The minimum Gasteiger partial charge on any atom is -0.481 e. The lowest BCUT2D eigenvalue weighted by molar-refractivity contribution is -0.137. The molecule has 0 aliphatic heterocycles. The van der Waals surface area contributed by atoms with Crippen LogP contribution in [0.1, 0.15) is 48.3 Å². The van der Waals surface area contributed by atoms with Gasteiger partial charge in [0.15, 0.2) is 0 Å². The van der Waals surface area contributed by atoms with E-state index in [9.17, 15) is 15.0 Å². The van der Waals surface area contributed by atoms with Crippen molar-refractivity contribution in [3.8, 4) is 0 Å². The number of hydrogen-bond acceptors (Lipinski definition) is 5. The second-order valence-electron chi connectivity index (χ2n) is 8.01. The molecule has 0 bridgehead atoms. The van der Waals surface area contributed by atoms with E-state index in [2.05, 4.69) is 38.8 Å². The van der Waals surface area contributed by atoms with Gasteiger partial charge < -0.3 is 20.1 Å². The van der Waals surface area contributed by atoms with Crippen LogP contribution < -0.4 is 0 Å². The first-order valence-corrected chi connectivity index (χ1v) is 13.0. The number of aliphatic hydroxyl groups is 2. The summed E-state index contributed by atoms with van der Waals surface area (Å²) in [6, 6.07) is 0. The summed E-state index contributed by atoms with van der Waals surface area (Å²) < 4.78 is 7.86. The van der Waals surface area contributed by atoms with Crippen LogP contribution >= 0.6 is 43.2 Å². The molecular weight excluding hydrogens is 548 g/mol. The monoisotopic (exact) mass is 578 g/mol. The quantitative estimate of drug-likeness (QED) is 0.220. The Labute approximate surface area is 205 Å². The van der Waals surface area contributed by atoms with Gasteiger partial charge in [-0.1, -0.05) is 24.3 Å². The van der Waals surface area contributed by atoms with Crippen LogP contribution in [0.25, 0.3) is 0 Å². The predicted octanol–water partition coefficient (Wildman–Crippen LogP) is 5.64. The zero-order valence-corrected chi connectivity index (χ0v) is 22.0. The number of halogens is 2. The fraction of sp³-hybridized carbons (Fsp3) is 0.609. The summed E-state index contributed by atoms with van der Waals surface area (Å²) in [6.07, 6.45) is 11.0. The van der Waals surface area contributed by atoms with E-state index in [4.69, 9.17) is 9.84 Å². The van der Waals surface area contributed by atoms with Crippen molar-refractivity contribution >= 4 is 49.2 Å². The van der Waals surface area contributed by atoms with Gasteiger partial charge in [0.2, 0.25) is 0 Å². The number of carboxylic acid groups (broad SMARTS) is 1. The standard InChI is InChI=1S/C23H32Br2O5S/c1-14-22(24)23(25)20(31-14)12-10-15(30-2)9-11-17-16(18(26)13-19(17)27)7-5-3-4-6-8-21(28)29/h3,5,9,11,15-19,26-27H,4,6-8,10,12-13H2,1-2H3,(H,28,29)/b5-3+,11-9+. The van der Waals surface area contributed by atoms with Crippen LogP contribution in [0.2, 0.25) is 0 Å². The van der Waals surface area contributed by atoms with Gasteiger partial charge in [0.25, 0.3) is 0 Å². The molecule has 1 aromatic heterocycles. The van der Waals surface area contributed by atoms with Gasteiger partial charge in [-0.15, -0.1) is 11.3 Å². The number of allylic oxidation sites excluding steroid dienone is 2. The molecular formula is C23H32Br2O5S. The number of carbonyl (C=O) groups is 1. The summed E-state index contributed by atoms with van der Waals surface area (Å²) >= 11 is 9.00. The van der Waals surface area contributed by atoms with Crippen molar-refractivity contribution < 1.29 is 24.9 Å². The molecule has 1 aromatic rings. The average Bonchev–Trinajstić information content (AvgIpc) is 3.13. The number of ether oxygens (including phenoxy) is 1. The van der Waals surface area contributed by atoms with Crippen molar-refractivity contribution in [2.24, 2.45) is 11.8 Å². The third kappa shape index (κ3) is 8.09. The minimum atomic E-state index is -0.783. The van der Waals surface area contributed by atoms with E-state index in [0.29, 0.717) is 25.7 Å². The molecule has 0 spiro atoms. The summed E-state index contributed by atoms with van der Waals surface area (Å²) in [5.74, 6) is -0.958. The van der Waals surface area contributed by atoms with Gasteiger partial charge in [0.1, 0.15) is 0 Å². The number of thiophene rings is 1. The molecule has 1 aliphatic rings. The molecule has 0 amide bonds. The lowest BCUT2D eigenvalue weighted by Crippen LogP contribution is -2.20. The highest BCUT2D eigenvalue weighted by Gasteiger charge is 2.39. The first-order valence-electron chi connectivity index (χ1n) is 10.6. The summed E-state index contributed by atoms with van der Waals surface area (Å²) in [6.45, 7) is 2.09. The Morgan fingerprint density at radius 2 is 2.00 bits per heavy atom. The Hall–Kier alpha value is -0.510. The van der Waals surface area contributed by atoms with Crippen molar-refractivity contribution in [1.82, 2.24) is 0 Å². The van der Waals surface area contributed by atoms with Gasteiger partial charge in [-0.2, -0.15) is 0 Å². The molecule has 1 aliphatic carbocycles. The molecule has 5 nitrogen and oxygen atoms in total. The molecule has 174 valence electrons. The number of unbranched alkanes of at least 4 members (excludes halogenated alkanes) is 1. The van der Waals surface area contributed by atoms with Gasteiger partial charge in [-0.3, -0.25) is 4.79 Å². The van der Waals surface area contributed by atoms with Crippen molar-refractivity contribution in [2.45, 2.75) is 70.2 Å². The molecule has 3 N–H and O–H groups in total. The topological polar surface area (TPSA) is 87.0 Å². The smallest absolute Gasteiger partial charge is 0.303 e. The lowest BCUT2D eigenvalue weighted by Gasteiger charge is -2.20. The van der Waals surface area contributed by atoms with E-state index in [1.807, 2.05) is 24.3 Å². The maximum Gasteiger partial charge on any atom is 0.303 e. The number of aryl methyl sites for hydroxylation is 2. The zero-order chi connectivity index (χ0) is 23.0. The SMILES string of the molecule is COC(/C=C/C1C(O)CC(O)C1C/C=C/CCCC(=O)O)CCc1sc(C)c(Br)c1Br. The molecule has 5 atom stereocenters. The maximum atomic E-state index is 10.6. The molecule has 2 rings (SSSR count). The Morgan fingerprint density at radius 3 is 2.61 bits per heavy atom. The van der Waals surface area contributed by atoms with Gasteiger partial charge >= 0.3 is 5.97 Å². The van der Waals surface area contributed by atoms with Crippen molar-refractivity contribution in [1.29, 1.82) is 0 Å². The Bertz CT molecular complexity index is 776. The van der Waals surface area contributed by atoms with Gasteiger partial charge in [-0.25, -0.2) is 0 Å². The molecule has 1 fully saturated rings. The average molecular weight is 580 g/mol. The third-order valence-corrected chi connectivity index (χ3v) is 9.87. The van der Waals surface area contributed by atoms with E-state index in [0.717, 1.165) is 21.8 Å². The number of rotatable bonds is 12. The molecule has 1 saturated carbocycles. The van der Waals surface area contributed by atoms with Crippen LogP contribution in [-0.2, 0) is 16.0 Å². The summed E-state index contributed by atoms with van der Waals surface area (Å²) in [5, 5.41) is 29.5. The number of aliphatic carboxylic acids is 1. The highest BCUT2D eigenvalue weighted by atomic mass is 79.9. The normalized spacial score (nSPS) is 25.1. The van der Waals surface area contributed by atoms with Crippen LogP contribution in [0, 0.1) is 18.8 Å². The van der Waals surface area contributed by atoms with E-state index in [-0.39, 0.29) is 24.4 Å². The molecule has 0 aromatic carbocycles.